The second-order valence-corrected chi connectivity index (χ2v) is 6.59. The smallest absolute Gasteiger partial charge is 0.332 e. The molecule has 0 aromatic carbocycles. The van der Waals surface area contributed by atoms with Crippen LogP contribution in [0.1, 0.15) is 25.7 Å². The van der Waals surface area contributed by atoms with E-state index in [4.69, 9.17) is 20.4 Å². The van der Waals surface area contributed by atoms with Gasteiger partial charge in [-0.15, -0.1) is 0 Å². The van der Waals surface area contributed by atoms with Crippen LogP contribution in [-0.4, -0.2) is 44.3 Å². The standard InChI is InChI=1S/C16H14O8S/c17-13(18)9-3-1-7(5-11(9)15(21)22)25-8-2-4-10(14(19)20)12(6-8)16(23)24/h1-2H,3-6H2,(H,17,18)(H,19,20)(H,21,22)(H,23,24). The highest BCUT2D eigenvalue weighted by molar-refractivity contribution is 8.06. The average Bonchev–Trinajstić information content (AvgIpc) is 2.54. The maximum absolute atomic E-state index is 11.2. The topological polar surface area (TPSA) is 149 Å². The molecule has 2 aliphatic rings. The molecule has 8 nitrogen and oxygen atoms in total. The van der Waals surface area contributed by atoms with Gasteiger partial charge < -0.3 is 20.4 Å². The summed E-state index contributed by atoms with van der Waals surface area (Å²) >= 11 is 1.15. The van der Waals surface area contributed by atoms with Crippen molar-refractivity contribution in [2.24, 2.45) is 0 Å². The zero-order valence-corrected chi connectivity index (χ0v) is 13.6. The van der Waals surface area contributed by atoms with Crippen LogP contribution in [0.3, 0.4) is 0 Å². The van der Waals surface area contributed by atoms with Crippen molar-refractivity contribution in [2.75, 3.05) is 0 Å². The summed E-state index contributed by atoms with van der Waals surface area (Å²) in [5.41, 5.74) is -0.745. The molecule has 132 valence electrons. The summed E-state index contributed by atoms with van der Waals surface area (Å²) < 4.78 is 0. The first-order valence-corrected chi connectivity index (χ1v) is 7.95. The molecule has 25 heavy (non-hydrogen) atoms. The Morgan fingerprint density at radius 2 is 0.960 bits per heavy atom. The summed E-state index contributed by atoms with van der Waals surface area (Å²) in [5.74, 6) is -5.17. The van der Waals surface area contributed by atoms with Gasteiger partial charge in [-0.3, -0.25) is 0 Å². The molecule has 0 atom stereocenters. The third kappa shape index (κ3) is 4.18. The van der Waals surface area contributed by atoms with Gasteiger partial charge in [0.1, 0.15) is 0 Å². The van der Waals surface area contributed by atoms with Crippen LogP contribution >= 0.6 is 11.8 Å². The Labute approximate surface area is 145 Å². The zero-order valence-electron chi connectivity index (χ0n) is 12.8. The van der Waals surface area contributed by atoms with Gasteiger partial charge in [-0.25, -0.2) is 19.2 Å². The molecule has 0 heterocycles. The lowest BCUT2D eigenvalue weighted by Gasteiger charge is -2.20. The highest BCUT2D eigenvalue weighted by Crippen LogP contribution is 2.40. The van der Waals surface area contributed by atoms with E-state index in [9.17, 15) is 19.2 Å². The van der Waals surface area contributed by atoms with E-state index in [1.807, 2.05) is 0 Å². The van der Waals surface area contributed by atoms with Crippen molar-refractivity contribution in [1.82, 2.24) is 0 Å². The van der Waals surface area contributed by atoms with E-state index in [2.05, 4.69) is 0 Å². The van der Waals surface area contributed by atoms with Gasteiger partial charge in [0, 0.05) is 12.8 Å². The van der Waals surface area contributed by atoms with Crippen LogP contribution in [0.4, 0.5) is 0 Å². The number of allylic oxidation sites excluding steroid dienone is 4. The van der Waals surface area contributed by atoms with Gasteiger partial charge in [0.2, 0.25) is 0 Å². The van der Waals surface area contributed by atoms with Crippen molar-refractivity contribution in [3.8, 4) is 0 Å². The van der Waals surface area contributed by atoms with Gasteiger partial charge in [-0.05, 0) is 22.7 Å². The second-order valence-electron chi connectivity index (χ2n) is 5.34. The number of thioether (sulfide) groups is 1. The highest BCUT2D eigenvalue weighted by atomic mass is 32.2. The van der Waals surface area contributed by atoms with Gasteiger partial charge in [0.15, 0.2) is 0 Å². The molecule has 2 rings (SSSR count). The zero-order chi connectivity index (χ0) is 18.7. The molecular formula is C16H14O8S. The first-order valence-electron chi connectivity index (χ1n) is 7.13. The first kappa shape index (κ1) is 18.5. The lowest BCUT2D eigenvalue weighted by molar-refractivity contribution is -0.136. The van der Waals surface area contributed by atoms with Crippen LogP contribution in [0.5, 0.6) is 0 Å². The van der Waals surface area contributed by atoms with E-state index < -0.39 is 23.9 Å². The number of aliphatic carboxylic acids is 4. The number of hydrogen-bond donors (Lipinski definition) is 4. The van der Waals surface area contributed by atoms with Crippen LogP contribution < -0.4 is 0 Å². The molecule has 0 aromatic heterocycles. The molecular weight excluding hydrogens is 352 g/mol. The summed E-state index contributed by atoms with van der Waals surface area (Å²) in [4.78, 5) is 45.9. The predicted molar refractivity (Wildman–Crippen MR) is 86.8 cm³/mol. The van der Waals surface area contributed by atoms with Crippen molar-refractivity contribution in [3.05, 3.63) is 44.3 Å². The summed E-state index contributed by atoms with van der Waals surface area (Å²) in [7, 11) is 0. The normalized spacial score (nSPS) is 17.8. The molecule has 0 spiro atoms. The molecule has 0 amide bonds. The fourth-order valence-corrected chi connectivity index (χ4v) is 3.65. The number of hydrogen-bond acceptors (Lipinski definition) is 5. The summed E-state index contributed by atoms with van der Waals surface area (Å²) in [6.07, 6.45) is 2.98. The third-order valence-corrected chi connectivity index (χ3v) is 4.94. The van der Waals surface area contributed by atoms with Crippen molar-refractivity contribution in [1.29, 1.82) is 0 Å². The molecule has 4 N–H and O–H groups in total. The van der Waals surface area contributed by atoms with Crippen molar-refractivity contribution in [3.63, 3.8) is 0 Å². The fourth-order valence-electron chi connectivity index (χ4n) is 2.55. The van der Waals surface area contributed by atoms with Gasteiger partial charge >= 0.3 is 23.9 Å². The minimum atomic E-state index is -1.31. The quantitative estimate of drug-likeness (QED) is 0.553. The highest BCUT2D eigenvalue weighted by Gasteiger charge is 2.27. The van der Waals surface area contributed by atoms with E-state index in [1.54, 1.807) is 12.2 Å². The van der Waals surface area contributed by atoms with Gasteiger partial charge in [0.05, 0.1) is 22.3 Å². The fraction of sp³-hybridized carbons (Fsp3) is 0.250. The molecule has 2 aliphatic carbocycles. The summed E-state index contributed by atoms with van der Waals surface area (Å²) in [6, 6.07) is 0. The molecule has 0 radical (unpaired) electrons. The number of carbonyl (C=O) groups is 4. The Morgan fingerprint density at radius 3 is 1.24 bits per heavy atom. The maximum Gasteiger partial charge on any atom is 0.332 e. The van der Waals surface area contributed by atoms with Gasteiger partial charge in [-0.2, -0.15) is 0 Å². The van der Waals surface area contributed by atoms with Crippen LogP contribution in [0, 0.1) is 0 Å². The third-order valence-electron chi connectivity index (χ3n) is 3.79. The van der Waals surface area contributed by atoms with Crippen molar-refractivity contribution < 1.29 is 39.6 Å². The summed E-state index contributed by atoms with van der Waals surface area (Å²) in [6.45, 7) is 0. The van der Waals surface area contributed by atoms with Gasteiger partial charge in [0.25, 0.3) is 0 Å². The number of rotatable bonds is 6. The first-order chi connectivity index (χ1) is 11.7. The van der Waals surface area contributed by atoms with E-state index >= 15 is 0 Å². The molecule has 0 saturated heterocycles. The van der Waals surface area contributed by atoms with Crippen molar-refractivity contribution in [2.45, 2.75) is 25.7 Å². The van der Waals surface area contributed by atoms with Gasteiger partial charge in [-0.1, -0.05) is 23.9 Å². The molecule has 9 heteroatoms. The van der Waals surface area contributed by atoms with Crippen molar-refractivity contribution >= 4 is 35.6 Å². The number of carboxylic acids is 4. The lowest BCUT2D eigenvalue weighted by atomic mass is 9.96. The Balaban J connectivity index is 2.15. The SMILES string of the molecule is O=C(O)C1=C(C(=O)O)CC(SC2=CCC(C(=O)O)=C(C(=O)O)C2)=CC1. The van der Waals surface area contributed by atoms with Crippen LogP contribution in [0.15, 0.2) is 44.3 Å². The van der Waals surface area contributed by atoms with Crippen LogP contribution in [0.25, 0.3) is 0 Å². The van der Waals surface area contributed by atoms with E-state index in [0.29, 0.717) is 9.81 Å². The average molecular weight is 366 g/mol. The number of carboxylic acid groups (broad SMARTS) is 4. The van der Waals surface area contributed by atoms with E-state index in [1.165, 1.54) is 0 Å². The Kier molecular flexibility index (Phi) is 5.48. The Morgan fingerprint density at radius 1 is 0.640 bits per heavy atom. The monoisotopic (exact) mass is 366 g/mol. The maximum atomic E-state index is 11.2. The molecule has 0 saturated carbocycles. The molecule has 0 fully saturated rings. The largest absolute Gasteiger partial charge is 0.478 e. The predicted octanol–water partition coefficient (Wildman–Crippen LogP) is 2.01. The van der Waals surface area contributed by atoms with Crippen LogP contribution in [0.2, 0.25) is 0 Å². The molecule has 0 unspecified atom stereocenters. The molecule has 0 aromatic rings. The second kappa shape index (κ2) is 7.39. The molecule has 0 bridgehead atoms. The Hall–Kier alpha value is -2.81. The van der Waals surface area contributed by atoms with E-state index in [0.717, 1.165) is 11.8 Å². The van der Waals surface area contributed by atoms with E-state index in [-0.39, 0.29) is 48.0 Å². The minimum absolute atomic E-state index is 0.0332. The lowest BCUT2D eigenvalue weighted by Crippen LogP contribution is -2.15. The summed E-state index contributed by atoms with van der Waals surface area (Å²) in [5, 5.41) is 36.4. The van der Waals surface area contributed by atoms with Crippen LogP contribution in [-0.2, 0) is 19.2 Å². The minimum Gasteiger partial charge on any atom is -0.478 e. The molecule has 0 aliphatic heterocycles. The Bertz CT molecular complexity index is 731.